The summed E-state index contributed by atoms with van der Waals surface area (Å²) in [5, 5.41) is 0. The highest BCUT2D eigenvalue weighted by Gasteiger charge is 2.09. The van der Waals surface area contributed by atoms with Crippen LogP contribution in [0.4, 0.5) is 0 Å². The molecule has 96 valence electrons. The SMILES string of the molecule is Cc1cc(C)c(CN(C)CC(C)CN)c(C)c1. The molecule has 0 aliphatic carbocycles. The molecule has 0 bridgehead atoms. The van der Waals surface area contributed by atoms with Crippen molar-refractivity contribution >= 4 is 0 Å². The van der Waals surface area contributed by atoms with Gasteiger partial charge in [0.05, 0.1) is 0 Å². The summed E-state index contributed by atoms with van der Waals surface area (Å²) in [4.78, 5) is 2.36. The molecule has 0 aliphatic rings. The summed E-state index contributed by atoms with van der Waals surface area (Å²) < 4.78 is 0. The third kappa shape index (κ3) is 4.14. The van der Waals surface area contributed by atoms with E-state index in [9.17, 15) is 0 Å². The molecule has 2 N–H and O–H groups in total. The first-order chi connectivity index (χ1) is 7.93. The van der Waals surface area contributed by atoms with Gasteiger partial charge in [-0.25, -0.2) is 0 Å². The average Bonchev–Trinajstić information content (AvgIpc) is 2.23. The zero-order valence-corrected chi connectivity index (χ0v) is 11.9. The highest BCUT2D eigenvalue weighted by atomic mass is 15.1. The van der Waals surface area contributed by atoms with Gasteiger partial charge in [-0.1, -0.05) is 24.6 Å². The summed E-state index contributed by atoms with van der Waals surface area (Å²) >= 11 is 0. The fourth-order valence-corrected chi connectivity index (χ4v) is 2.40. The first-order valence-corrected chi connectivity index (χ1v) is 6.39. The number of hydrogen-bond donors (Lipinski definition) is 1. The van der Waals surface area contributed by atoms with E-state index in [1.54, 1.807) is 0 Å². The molecule has 0 amide bonds. The maximum Gasteiger partial charge on any atom is 0.0236 e. The smallest absolute Gasteiger partial charge is 0.0236 e. The van der Waals surface area contributed by atoms with Crippen LogP contribution in [0.1, 0.15) is 29.2 Å². The van der Waals surface area contributed by atoms with Crippen molar-refractivity contribution in [2.45, 2.75) is 34.2 Å². The summed E-state index contributed by atoms with van der Waals surface area (Å²) in [6.45, 7) is 11.6. The van der Waals surface area contributed by atoms with Crippen LogP contribution in [0.3, 0.4) is 0 Å². The average molecular weight is 234 g/mol. The van der Waals surface area contributed by atoms with Gasteiger partial charge >= 0.3 is 0 Å². The quantitative estimate of drug-likeness (QED) is 0.848. The number of nitrogens with two attached hydrogens (primary N) is 1. The van der Waals surface area contributed by atoms with Crippen LogP contribution in [0.5, 0.6) is 0 Å². The Hall–Kier alpha value is -0.860. The van der Waals surface area contributed by atoms with E-state index >= 15 is 0 Å². The van der Waals surface area contributed by atoms with Crippen molar-refractivity contribution in [2.24, 2.45) is 11.7 Å². The number of aryl methyl sites for hydroxylation is 3. The molecule has 0 aromatic heterocycles. The van der Waals surface area contributed by atoms with Crippen LogP contribution in [0, 0.1) is 26.7 Å². The lowest BCUT2D eigenvalue weighted by Crippen LogP contribution is -2.28. The summed E-state index contributed by atoms with van der Waals surface area (Å²) in [7, 11) is 2.17. The first-order valence-electron chi connectivity index (χ1n) is 6.39. The van der Waals surface area contributed by atoms with Gasteiger partial charge in [-0.3, -0.25) is 0 Å². The zero-order valence-electron chi connectivity index (χ0n) is 11.9. The number of nitrogens with zero attached hydrogens (tertiary/aromatic N) is 1. The molecule has 0 spiro atoms. The second-order valence-electron chi connectivity index (χ2n) is 5.41. The van der Waals surface area contributed by atoms with Gasteiger partial charge in [0.15, 0.2) is 0 Å². The minimum Gasteiger partial charge on any atom is -0.330 e. The predicted octanol–water partition coefficient (Wildman–Crippen LogP) is 2.64. The molecular formula is C15H26N2. The fraction of sp³-hybridized carbons (Fsp3) is 0.600. The molecule has 1 atom stereocenters. The standard InChI is InChI=1S/C15H26N2/c1-11-6-13(3)15(14(4)7-11)10-17(5)9-12(2)8-16/h6-7,12H,8-10,16H2,1-5H3. The molecule has 1 rings (SSSR count). The molecule has 1 unspecified atom stereocenters. The van der Waals surface area contributed by atoms with Crippen LogP contribution < -0.4 is 5.73 Å². The van der Waals surface area contributed by atoms with E-state index in [0.29, 0.717) is 5.92 Å². The van der Waals surface area contributed by atoms with Crippen molar-refractivity contribution in [3.8, 4) is 0 Å². The third-order valence-electron chi connectivity index (χ3n) is 3.29. The van der Waals surface area contributed by atoms with Gasteiger partial charge in [0.25, 0.3) is 0 Å². The highest BCUT2D eigenvalue weighted by Crippen LogP contribution is 2.18. The van der Waals surface area contributed by atoms with Gasteiger partial charge in [0.2, 0.25) is 0 Å². The van der Waals surface area contributed by atoms with Gasteiger partial charge < -0.3 is 10.6 Å². The Morgan fingerprint density at radius 2 is 1.71 bits per heavy atom. The lowest BCUT2D eigenvalue weighted by atomic mass is 9.99. The Morgan fingerprint density at radius 1 is 1.18 bits per heavy atom. The number of benzene rings is 1. The van der Waals surface area contributed by atoms with Crippen molar-refractivity contribution in [1.29, 1.82) is 0 Å². The highest BCUT2D eigenvalue weighted by molar-refractivity contribution is 5.37. The minimum absolute atomic E-state index is 0.561. The van der Waals surface area contributed by atoms with Crippen LogP contribution >= 0.6 is 0 Å². The monoisotopic (exact) mass is 234 g/mol. The largest absolute Gasteiger partial charge is 0.330 e. The van der Waals surface area contributed by atoms with Crippen LogP contribution in [0.25, 0.3) is 0 Å². The Bertz CT molecular complexity index is 348. The van der Waals surface area contributed by atoms with Crippen molar-refractivity contribution < 1.29 is 0 Å². The Kier molecular flexibility index (Phi) is 5.16. The van der Waals surface area contributed by atoms with Gasteiger partial charge in [-0.15, -0.1) is 0 Å². The van der Waals surface area contributed by atoms with Crippen LogP contribution in [-0.2, 0) is 6.54 Å². The van der Waals surface area contributed by atoms with E-state index in [0.717, 1.165) is 19.6 Å². The van der Waals surface area contributed by atoms with Gasteiger partial charge in [0.1, 0.15) is 0 Å². The Balaban J connectivity index is 2.74. The van der Waals surface area contributed by atoms with Crippen LogP contribution in [0.2, 0.25) is 0 Å². The van der Waals surface area contributed by atoms with Crippen molar-refractivity contribution in [1.82, 2.24) is 4.90 Å². The van der Waals surface area contributed by atoms with Gasteiger partial charge in [-0.2, -0.15) is 0 Å². The normalized spacial score (nSPS) is 13.1. The number of hydrogen-bond acceptors (Lipinski definition) is 2. The van der Waals surface area contributed by atoms with Gasteiger partial charge in [-0.05, 0) is 57.0 Å². The van der Waals surface area contributed by atoms with E-state index in [1.165, 1.54) is 22.3 Å². The molecule has 0 radical (unpaired) electrons. The van der Waals surface area contributed by atoms with E-state index in [1.807, 2.05) is 0 Å². The van der Waals surface area contributed by atoms with Crippen LogP contribution in [-0.4, -0.2) is 25.0 Å². The van der Waals surface area contributed by atoms with E-state index in [2.05, 4.69) is 51.8 Å². The van der Waals surface area contributed by atoms with E-state index in [4.69, 9.17) is 5.73 Å². The lowest BCUT2D eigenvalue weighted by Gasteiger charge is -2.22. The molecule has 17 heavy (non-hydrogen) atoms. The second-order valence-corrected chi connectivity index (χ2v) is 5.41. The third-order valence-corrected chi connectivity index (χ3v) is 3.29. The molecule has 2 nitrogen and oxygen atoms in total. The van der Waals surface area contributed by atoms with E-state index in [-0.39, 0.29) is 0 Å². The minimum atomic E-state index is 0.561. The second kappa shape index (κ2) is 6.18. The summed E-state index contributed by atoms with van der Waals surface area (Å²) in [5.41, 5.74) is 11.3. The van der Waals surface area contributed by atoms with Crippen LogP contribution in [0.15, 0.2) is 12.1 Å². The van der Waals surface area contributed by atoms with Crippen molar-refractivity contribution in [2.75, 3.05) is 20.1 Å². The molecule has 0 saturated carbocycles. The Morgan fingerprint density at radius 3 is 2.18 bits per heavy atom. The molecule has 0 saturated heterocycles. The molecule has 0 heterocycles. The fourth-order valence-electron chi connectivity index (χ4n) is 2.40. The zero-order chi connectivity index (χ0) is 13.0. The maximum absolute atomic E-state index is 5.67. The lowest BCUT2D eigenvalue weighted by molar-refractivity contribution is 0.281. The molecule has 1 aromatic rings. The number of rotatable bonds is 5. The Labute approximate surface area is 106 Å². The van der Waals surface area contributed by atoms with E-state index < -0.39 is 0 Å². The first kappa shape index (κ1) is 14.2. The summed E-state index contributed by atoms with van der Waals surface area (Å²) in [6, 6.07) is 4.53. The molecule has 0 aliphatic heterocycles. The molecule has 2 heteroatoms. The molecule has 1 aromatic carbocycles. The maximum atomic E-state index is 5.67. The summed E-state index contributed by atoms with van der Waals surface area (Å²) in [6.07, 6.45) is 0. The van der Waals surface area contributed by atoms with Crippen molar-refractivity contribution in [3.05, 3.63) is 34.4 Å². The molecule has 0 fully saturated rings. The predicted molar refractivity (Wildman–Crippen MR) is 75.2 cm³/mol. The van der Waals surface area contributed by atoms with Crippen molar-refractivity contribution in [3.63, 3.8) is 0 Å². The van der Waals surface area contributed by atoms with Gasteiger partial charge in [0, 0.05) is 13.1 Å². The molecular weight excluding hydrogens is 208 g/mol. The topological polar surface area (TPSA) is 29.3 Å². The summed E-state index contributed by atoms with van der Waals surface area (Å²) in [5.74, 6) is 0.561.